The molecule has 1 saturated carbocycles. The number of hydrogen-bond donors (Lipinski definition) is 1. The highest BCUT2D eigenvalue weighted by Gasteiger charge is 2.60. The van der Waals surface area contributed by atoms with Crippen LogP contribution in [0.1, 0.15) is 38.3 Å². The molecule has 4 rings (SSSR count). The van der Waals surface area contributed by atoms with Crippen molar-refractivity contribution in [1.29, 1.82) is 0 Å². The highest BCUT2D eigenvalue weighted by atomic mass is 32.2. The minimum Gasteiger partial charge on any atom is -0.347 e. The fourth-order valence-corrected chi connectivity index (χ4v) is 5.95. The molecule has 0 unspecified atom stereocenters. The molecular weight excluding hydrogens is 376 g/mol. The molecule has 3 heterocycles. The van der Waals surface area contributed by atoms with Crippen LogP contribution in [-0.2, 0) is 14.2 Å². The van der Waals surface area contributed by atoms with Gasteiger partial charge in [0, 0.05) is 25.1 Å². The van der Waals surface area contributed by atoms with Crippen LogP contribution in [0.3, 0.4) is 0 Å². The van der Waals surface area contributed by atoms with Crippen molar-refractivity contribution in [2.75, 3.05) is 12.5 Å². The summed E-state index contributed by atoms with van der Waals surface area (Å²) in [6.45, 7) is 0. The van der Waals surface area contributed by atoms with Gasteiger partial charge in [-0.05, 0) is 25.4 Å². The molecule has 1 N–H and O–H groups in total. The van der Waals surface area contributed by atoms with Gasteiger partial charge in [0.15, 0.2) is 12.0 Å². The standard InChI is InChI=1S/C17H24N2O5S2/c1-25-15(26-2)13-11-12(24-17(23-11)7-4-3-5-8-17)14(22-13)19-9-6-10(20)18-16(19)21/h6,9,11-15H,3-5,7-8H2,1-2H3,(H,18,20,21)/t11-,12+,13-,14+/m0/s1. The number of nitrogens with one attached hydrogen (secondary N) is 1. The molecule has 1 aliphatic carbocycles. The summed E-state index contributed by atoms with van der Waals surface area (Å²) in [5.74, 6) is -0.555. The molecule has 0 aromatic carbocycles. The molecule has 0 bridgehead atoms. The second-order valence-corrected chi connectivity index (χ2v) is 9.24. The summed E-state index contributed by atoms with van der Waals surface area (Å²) in [6, 6.07) is 1.33. The molecule has 1 aromatic heterocycles. The van der Waals surface area contributed by atoms with E-state index in [-0.39, 0.29) is 22.9 Å². The smallest absolute Gasteiger partial charge is 0.330 e. The van der Waals surface area contributed by atoms with Gasteiger partial charge in [-0.25, -0.2) is 4.79 Å². The van der Waals surface area contributed by atoms with Crippen molar-refractivity contribution in [1.82, 2.24) is 9.55 Å². The van der Waals surface area contributed by atoms with Gasteiger partial charge in [0.25, 0.3) is 5.56 Å². The van der Waals surface area contributed by atoms with Crippen molar-refractivity contribution in [2.45, 2.75) is 67.0 Å². The Morgan fingerprint density at radius 1 is 1.15 bits per heavy atom. The van der Waals surface area contributed by atoms with Crippen LogP contribution in [0.4, 0.5) is 0 Å². The highest BCUT2D eigenvalue weighted by molar-refractivity contribution is 8.16. The summed E-state index contributed by atoms with van der Waals surface area (Å²) in [5.41, 5.74) is -0.907. The number of aromatic nitrogens is 2. The molecule has 2 aliphatic heterocycles. The first-order chi connectivity index (χ1) is 12.6. The predicted molar refractivity (Wildman–Crippen MR) is 102 cm³/mol. The Morgan fingerprint density at radius 3 is 2.50 bits per heavy atom. The topological polar surface area (TPSA) is 82.6 Å². The van der Waals surface area contributed by atoms with Crippen molar-refractivity contribution in [3.63, 3.8) is 0 Å². The molecule has 3 aliphatic rings. The normalized spacial score (nSPS) is 33.0. The van der Waals surface area contributed by atoms with E-state index < -0.39 is 23.3 Å². The largest absolute Gasteiger partial charge is 0.347 e. The van der Waals surface area contributed by atoms with Crippen LogP contribution < -0.4 is 11.2 Å². The summed E-state index contributed by atoms with van der Waals surface area (Å²) >= 11 is 3.42. The molecular formula is C17H24N2O5S2. The van der Waals surface area contributed by atoms with Gasteiger partial charge in [-0.2, -0.15) is 0 Å². The molecule has 9 heteroatoms. The molecule has 4 atom stereocenters. The zero-order chi connectivity index (χ0) is 18.3. The number of hydrogen-bond acceptors (Lipinski definition) is 7. The lowest BCUT2D eigenvalue weighted by molar-refractivity contribution is -0.229. The van der Waals surface area contributed by atoms with Crippen molar-refractivity contribution >= 4 is 23.5 Å². The van der Waals surface area contributed by atoms with Crippen LogP contribution in [0.2, 0.25) is 0 Å². The third kappa shape index (κ3) is 3.17. The maximum Gasteiger partial charge on any atom is 0.330 e. The van der Waals surface area contributed by atoms with E-state index in [0.717, 1.165) is 25.7 Å². The van der Waals surface area contributed by atoms with E-state index in [0.29, 0.717) is 0 Å². The Balaban J connectivity index is 1.69. The van der Waals surface area contributed by atoms with Gasteiger partial charge in [-0.3, -0.25) is 14.3 Å². The monoisotopic (exact) mass is 400 g/mol. The Hall–Kier alpha value is -0.740. The van der Waals surface area contributed by atoms with Gasteiger partial charge in [0.1, 0.15) is 18.3 Å². The lowest BCUT2D eigenvalue weighted by Crippen LogP contribution is -2.39. The quantitative estimate of drug-likeness (QED) is 0.773. The summed E-state index contributed by atoms with van der Waals surface area (Å²) in [7, 11) is 0. The van der Waals surface area contributed by atoms with E-state index >= 15 is 0 Å². The number of H-pyrrole nitrogens is 1. The lowest BCUT2D eigenvalue weighted by atomic mass is 9.94. The second kappa shape index (κ2) is 7.35. The van der Waals surface area contributed by atoms with Gasteiger partial charge in [0.05, 0.1) is 4.58 Å². The summed E-state index contributed by atoms with van der Waals surface area (Å²) in [4.78, 5) is 26.0. The number of nitrogens with zero attached hydrogens (tertiary/aromatic N) is 1. The maximum atomic E-state index is 12.3. The number of fused-ring (bicyclic) bond motifs is 1. The van der Waals surface area contributed by atoms with Gasteiger partial charge in [-0.1, -0.05) is 6.42 Å². The van der Waals surface area contributed by atoms with Crippen molar-refractivity contribution < 1.29 is 14.2 Å². The Kier molecular flexibility index (Phi) is 5.26. The number of ether oxygens (including phenoxy) is 3. The van der Waals surface area contributed by atoms with Crippen molar-refractivity contribution in [2.24, 2.45) is 0 Å². The van der Waals surface area contributed by atoms with Crippen LogP contribution in [0, 0.1) is 0 Å². The van der Waals surface area contributed by atoms with E-state index in [9.17, 15) is 9.59 Å². The molecule has 1 spiro atoms. The van der Waals surface area contributed by atoms with Crippen LogP contribution in [0.25, 0.3) is 0 Å². The van der Waals surface area contributed by atoms with Gasteiger partial charge in [-0.15, -0.1) is 23.5 Å². The molecule has 26 heavy (non-hydrogen) atoms. The number of rotatable bonds is 4. The van der Waals surface area contributed by atoms with Crippen LogP contribution in [-0.4, -0.2) is 50.7 Å². The van der Waals surface area contributed by atoms with E-state index in [1.165, 1.54) is 23.3 Å². The second-order valence-electron chi connectivity index (χ2n) is 6.98. The molecule has 0 amide bonds. The molecule has 144 valence electrons. The summed E-state index contributed by atoms with van der Waals surface area (Å²) in [5, 5.41) is 0. The average Bonchev–Trinajstić information content (AvgIpc) is 3.13. The lowest BCUT2D eigenvalue weighted by Gasteiger charge is -2.35. The summed E-state index contributed by atoms with van der Waals surface area (Å²) < 4.78 is 20.7. The number of thioether (sulfide) groups is 2. The first-order valence-electron chi connectivity index (χ1n) is 8.95. The zero-order valence-corrected chi connectivity index (χ0v) is 16.5. The molecule has 7 nitrogen and oxygen atoms in total. The molecule has 2 saturated heterocycles. The first kappa shape index (κ1) is 18.6. The molecule has 3 fully saturated rings. The molecule has 1 aromatic rings. The SMILES string of the molecule is CSC(SC)[C@H]1O[C@@H](n2ccc(=O)[nH]c2=O)[C@@H]2OC3(CCCCC3)O[C@@H]21. The van der Waals surface area contributed by atoms with E-state index in [1.807, 2.05) is 12.5 Å². The van der Waals surface area contributed by atoms with Gasteiger partial charge < -0.3 is 14.2 Å². The average molecular weight is 401 g/mol. The van der Waals surface area contributed by atoms with Crippen LogP contribution >= 0.6 is 23.5 Å². The predicted octanol–water partition coefficient (Wildman–Crippen LogP) is 1.93. The van der Waals surface area contributed by atoms with E-state index in [2.05, 4.69) is 4.98 Å². The third-order valence-corrected chi connectivity index (χ3v) is 8.02. The van der Waals surface area contributed by atoms with Gasteiger partial charge >= 0.3 is 5.69 Å². The summed E-state index contributed by atoms with van der Waals surface area (Å²) in [6.07, 6.45) is 9.34. The van der Waals surface area contributed by atoms with E-state index in [1.54, 1.807) is 23.5 Å². The van der Waals surface area contributed by atoms with Crippen LogP contribution in [0.5, 0.6) is 0 Å². The minimum absolute atomic E-state index is 0.174. The fourth-order valence-electron chi connectivity index (χ4n) is 4.21. The number of aromatic amines is 1. The Morgan fingerprint density at radius 2 is 1.85 bits per heavy atom. The van der Waals surface area contributed by atoms with Crippen molar-refractivity contribution in [3.8, 4) is 0 Å². The fraction of sp³-hybridized carbons (Fsp3) is 0.765. The minimum atomic E-state index is -0.600. The van der Waals surface area contributed by atoms with Crippen LogP contribution in [0.15, 0.2) is 21.9 Å². The Labute approximate surface area is 160 Å². The maximum absolute atomic E-state index is 12.3. The van der Waals surface area contributed by atoms with Crippen molar-refractivity contribution in [3.05, 3.63) is 33.1 Å². The first-order valence-corrected chi connectivity index (χ1v) is 11.5. The third-order valence-electron chi connectivity index (χ3n) is 5.40. The zero-order valence-electron chi connectivity index (χ0n) is 14.9. The molecule has 0 radical (unpaired) electrons. The van der Waals surface area contributed by atoms with E-state index in [4.69, 9.17) is 14.2 Å². The Bertz CT molecular complexity index is 756. The highest BCUT2D eigenvalue weighted by Crippen LogP contribution is 2.50. The van der Waals surface area contributed by atoms with Gasteiger partial charge in [0.2, 0.25) is 0 Å².